The van der Waals surface area contributed by atoms with E-state index >= 15 is 0 Å². The van der Waals surface area contributed by atoms with Gasteiger partial charge in [0.1, 0.15) is 0 Å². The standard InChI is InChI=1S/C15H13N3O2S/c1-9-14(21-8-17-9)7-16-12-6-13(15(19)20)18-11-5-3-2-4-10(11)12/h2-6,8H,7H2,1H3,(H,16,18)(H,19,20). The summed E-state index contributed by atoms with van der Waals surface area (Å²) in [6.07, 6.45) is 0. The second-order valence-electron chi connectivity index (χ2n) is 4.59. The summed E-state index contributed by atoms with van der Waals surface area (Å²) in [6, 6.07) is 9.06. The number of hydrogen-bond donors (Lipinski definition) is 2. The number of pyridine rings is 1. The molecule has 106 valence electrons. The molecule has 0 atom stereocenters. The molecule has 0 spiro atoms. The normalized spacial score (nSPS) is 10.7. The average Bonchev–Trinajstić information content (AvgIpc) is 2.89. The Balaban J connectivity index is 1.99. The maximum atomic E-state index is 11.2. The van der Waals surface area contributed by atoms with Crippen molar-refractivity contribution >= 4 is 33.9 Å². The largest absolute Gasteiger partial charge is 0.477 e. The number of fused-ring (bicyclic) bond motifs is 1. The molecular formula is C15H13N3O2S. The van der Waals surface area contributed by atoms with Gasteiger partial charge in [-0.25, -0.2) is 14.8 Å². The van der Waals surface area contributed by atoms with Gasteiger partial charge in [-0.15, -0.1) is 11.3 Å². The van der Waals surface area contributed by atoms with Crippen molar-refractivity contribution in [3.63, 3.8) is 0 Å². The van der Waals surface area contributed by atoms with Gasteiger partial charge in [-0.05, 0) is 19.1 Å². The molecule has 6 heteroatoms. The Kier molecular flexibility index (Phi) is 3.53. The van der Waals surface area contributed by atoms with E-state index < -0.39 is 5.97 Å². The topological polar surface area (TPSA) is 75.1 Å². The van der Waals surface area contributed by atoms with Crippen LogP contribution in [0, 0.1) is 6.92 Å². The summed E-state index contributed by atoms with van der Waals surface area (Å²) in [4.78, 5) is 20.7. The minimum Gasteiger partial charge on any atom is -0.477 e. The monoisotopic (exact) mass is 299 g/mol. The van der Waals surface area contributed by atoms with E-state index in [1.165, 1.54) is 0 Å². The lowest BCUT2D eigenvalue weighted by Crippen LogP contribution is -2.05. The van der Waals surface area contributed by atoms with Crippen molar-refractivity contribution in [2.45, 2.75) is 13.5 Å². The predicted octanol–water partition coefficient (Wildman–Crippen LogP) is 3.31. The molecule has 0 bridgehead atoms. The zero-order chi connectivity index (χ0) is 14.8. The van der Waals surface area contributed by atoms with Gasteiger partial charge in [-0.2, -0.15) is 0 Å². The number of thiazole rings is 1. The number of carboxylic acid groups (broad SMARTS) is 1. The van der Waals surface area contributed by atoms with Crippen LogP contribution in [0.4, 0.5) is 5.69 Å². The van der Waals surface area contributed by atoms with Crippen molar-refractivity contribution < 1.29 is 9.90 Å². The number of nitrogens with zero attached hydrogens (tertiary/aromatic N) is 2. The van der Waals surface area contributed by atoms with Crippen LogP contribution in [0.15, 0.2) is 35.8 Å². The van der Waals surface area contributed by atoms with Gasteiger partial charge in [-0.1, -0.05) is 18.2 Å². The van der Waals surface area contributed by atoms with Crippen LogP contribution in [0.25, 0.3) is 10.9 Å². The summed E-state index contributed by atoms with van der Waals surface area (Å²) >= 11 is 1.58. The van der Waals surface area contributed by atoms with Crippen LogP contribution in [0.5, 0.6) is 0 Å². The molecular weight excluding hydrogens is 286 g/mol. The van der Waals surface area contributed by atoms with E-state index in [2.05, 4.69) is 15.3 Å². The summed E-state index contributed by atoms with van der Waals surface area (Å²) in [6.45, 7) is 2.57. The third-order valence-electron chi connectivity index (χ3n) is 3.22. The van der Waals surface area contributed by atoms with Crippen molar-refractivity contribution in [1.82, 2.24) is 9.97 Å². The molecule has 0 amide bonds. The number of rotatable bonds is 4. The van der Waals surface area contributed by atoms with Crippen LogP contribution < -0.4 is 5.32 Å². The zero-order valence-corrected chi connectivity index (χ0v) is 12.1. The third-order valence-corrected chi connectivity index (χ3v) is 4.15. The zero-order valence-electron chi connectivity index (χ0n) is 11.3. The Bertz CT molecular complexity index is 814. The van der Waals surface area contributed by atoms with E-state index in [1.807, 2.05) is 31.2 Å². The number of aryl methyl sites for hydroxylation is 1. The number of aromatic carboxylic acids is 1. The Labute approximate surface area is 125 Å². The van der Waals surface area contributed by atoms with E-state index in [4.69, 9.17) is 5.11 Å². The number of carbonyl (C=O) groups is 1. The lowest BCUT2D eigenvalue weighted by Gasteiger charge is -2.10. The molecule has 3 aromatic rings. The molecule has 0 saturated heterocycles. The van der Waals surface area contributed by atoms with E-state index in [0.29, 0.717) is 12.1 Å². The minimum atomic E-state index is -1.03. The molecule has 0 unspecified atom stereocenters. The summed E-state index contributed by atoms with van der Waals surface area (Å²) < 4.78 is 0. The molecule has 0 aliphatic rings. The van der Waals surface area contributed by atoms with E-state index in [1.54, 1.807) is 22.9 Å². The van der Waals surface area contributed by atoms with Crippen molar-refractivity contribution in [1.29, 1.82) is 0 Å². The lowest BCUT2D eigenvalue weighted by molar-refractivity contribution is 0.0691. The summed E-state index contributed by atoms with van der Waals surface area (Å²) in [7, 11) is 0. The van der Waals surface area contributed by atoms with Crippen molar-refractivity contribution in [2.24, 2.45) is 0 Å². The fourth-order valence-corrected chi connectivity index (χ4v) is 2.82. The molecule has 2 N–H and O–H groups in total. The molecule has 1 aromatic carbocycles. The third kappa shape index (κ3) is 2.71. The fraction of sp³-hybridized carbons (Fsp3) is 0.133. The highest BCUT2D eigenvalue weighted by Crippen LogP contribution is 2.24. The minimum absolute atomic E-state index is 0.0391. The molecule has 0 radical (unpaired) electrons. The van der Waals surface area contributed by atoms with Crippen LogP contribution in [-0.4, -0.2) is 21.0 Å². The van der Waals surface area contributed by atoms with Gasteiger partial charge < -0.3 is 10.4 Å². The number of benzene rings is 1. The first-order valence-electron chi connectivity index (χ1n) is 6.41. The first-order chi connectivity index (χ1) is 10.1. The Morgan fingerprint density at radius 2 is 2.19 bits per heavy atom. The maximum Gasteiger partial charge on any atom is 0.354 e. The van der Waals surface area contributed by atoms with Gasteiger partial charge in [0.05, 0.1) is 23.3 Å². The van der Waals surface area contributed by atoms with Crippen LogP contribution in [-0.2, 0) is 6.54 Å². The number of para-hydroxylation sites is 1. The molecule has 3 rings (SSSR count). The van der Waals surface area contributed by atoms with Crippen molar-refractivity contribution in [3.8, 4) is 0 Å². The highest BCUT2D eigenvalue weighted by molar-refractivity contribution is 7.09. The summed E-state index contributed by atoms with van der Waals surface area (Å²) in [5.41, 5.74) is 4.27. The van der Waals surface area contributed by atoms with Crippen molar-refractivity contribution in [3.05, 3.63) is 52.1 Å². The fourth-order valence-electron chi connectivity index (χ4n) is 2.10. The molecule has 0 fully saturated rings. The SMILES string of the molecule is Cc1ncsc1CNc1cc(C(=O)O)nc2ccccc12. The smallest absolute Gasteiger partial charge is 0.354 e. The lowest BCUT2D eigenvalue weighted by atomic mass is 10.1. The molecule has 0 aliphatic carbocycles. The number of hydrogen-bond acceptors (Lipinski definition) is 5. The molecule has 2 heterocycles. The van der Waals surface area contributed by atoms with E-state index in [0.717, 1.165) is 21.6 Å². The first kappa shape index (κ1) is 13.5. The quantitative estimate of drug-likeness (QED) is 0.773. The molecule has 0 saturated carbocycles. The second kappa shape index (κ2) is 5.49. The molecule has 2 aromatic heterocycles. The van der Waals surface area contributed by atoms with Crippen molar-refractivity contribution in [2.75, 3.05) is 5.32 Å². The number of anilines is 1. The highest BCUT2D eigenvalue weighted by atomic mass is 32.1. The number of nitrogens with one attached hydrogen (secondary N) is 1. The second-order valence-corrected chi connectivity index (χ2v) is 5.53. The molecule has 5 nitrogen and oxygen atoms in total. The van der Waals surface area contributed by atoms with Crippen LogP contribution in [0.1, 0.15) is 21.1 Å². The van der Waals surface area contributed by atoms with Crippen LogP contribution in [0.2, 0.25) is 0 Å². The molecule has 21 heavy (non-hydrogen) atoms. The highest BCUT2D eigenvalue weighted by Gasteiger charge is 2.11. The maximum absolute atomic E-state index is 11.2. The first-order valence-corrected chi connectivity index (χ1v) is 7.29. The van der Waals surface area contributed by atoms with E-state index in [-0.39, 0.29) is 5.69 Å². The Morgan fingerprint density at radius 1 is 1.38 bits per heavy atom. The average molecular weight is 299 g/mol. The van der Waals surface area contributed by atoms with Gasteiger partial charge >= 0.3 is 5.97 Å². The number of aromatic nitrogens is 2. The summed E-state index contributed by atoms with van der Waals surface area (Å²) in [5.74, 6) is -1.03. The predicted molar refractivity (Wildman–Crippen MR) is 82.9 cm³/mol. The van der Waals surface area contributed by atoms with Gasteiger partial charge in [0.2, 0.25) is 0 Å². The van der Waals surface area contributed by atoms with Gasteiger partial charge in [0, 0.05) is 16.0 Å². The molecule has 0 aliphatic heterocycles. The number of carboxylic acids is 1. The van der Waals surface area contributed by atoms with Gasteiger partial charge in [0.15, 0.2) is 5.69 Å². The Morgan fingerprint density at radius 3 is 2.90 bits per heavy atom. The van der Waals surface area contributed by atoms with Crippen LogP contribution in [0.3, 0.4) is 0 Å². The van der Waals surface area contributed by atoms with Gasteiger partial charge in [0.25, 0.3) is 0 Å². The summed E-state index contributed by atoms with van der Waals surface area (Å²) in [5, 5.41) is 13.4. The van der Waals surface area contributed by atoms with Crippen LogP contribution >= 0.6 is 11.3 Å². The van der Waals surface area contributed by atoms with Gasteiger partial charge in [-0.3, -0.25) is 0 Å². The Hall–Kier alpha value is -2.47. The van der Waals surface area contributed by atoms with E-state index in [9.17, 15) is 4.79 Å².